The van der Waals surface area contributed by atoms with Crippen molar-refractivity contribution < 1.29 is 0 Å². The van der Waals surface area contributed by atoms with E-state index in [4.69, 9.17) is 0 Å². The standard InChI is InChI=1S/C14H12/c1-9-7-8-13-11-5-3-4-6-12(11)14(13)10(9)2/h3-8H,1-2H3. The quantitative estimate of drug-likeness (QED) is 0.491. The van der Waals surface area contributed by atoms with Crippen LogP contribution in [0.25, 0.3) is 22.3 Å². The van der Waals surface area contributed by atoms with E-state index in [0.29, 0.717) is 0 Å². The van der Waals surface area contributed by atoms with Gasteiger partial charge in [0.15, 0.2) is 0 Å². The Balaban J connectivity index is 2.34. The number of benzene rings is 2. The van der Waals surface area contributed by atoms with Crippen LogP contribution in [0.1, 0.15) is 11.1 Å². The van der Waals surface area contributed by atoms with Gasteiger partial charge < -0.3 is 0 Å². The highest BCUT2D eigenvalue weighted by atomic mass is 14.3. The minimum absolute atomic E-state index is 1.39. The van der Waals surface area contributed by atoms with Gasteiger partial charge in [-0.15, -0.1) is 0 Å². The third-order valence-corrected chi connectivity index (χ3v) is 3.22. The molecule has 0 fully saturated rings. The molecule has 2 aromatic rings. The highest BCUT2D eigenvalue weighted by Crippen LogP contribution is 2.48. The molecule has 0 saturated heterocycles. The Morgan fingerprint density at radius 2 is 1.43 bits per heavy atom. The van der Waals surface area contributed by atoms with Crippen molar-refractivity contribution in [3.63, 3.8) is 0 Å². The van der Waals surface area contributed by atoms with E-state index in [9.17, 15) is 0 Å². The second kappa shape index (κ2) is 2.48. The molecular formula is C14H12. The number of hydrogen-bond donors (Lipinski definition) is 0. The van der Waals surface area contributed by atoms with Crippen LogP contribution >= 0.6 is 0 Å². The van der Waals surface area contributed by atoms with Crippen LogP contribution in [0, 0.1) is 13.8 Å². The largest absolute Gasteiger partial charge is 0.0616 e. The normalized spacial score (nSPS) is 11.6. The molecule has 0 radical (unpaired) electrons. The minimum atomic E-state index is 1.39. The SMILES string of the molecule is Cc1ccc2c(c1C)-c1ccccc1-2. The zero-order chi connectivity index (χ0) is 9.71. The summed E-state index contributed by atoms with van der Waals surface area (Å²) in [5.41, 5.74) is 8.53. The number of rotatable bonds is 0. The van der Waals surface area contributed by atoms with Crippen LogP contribution in [0.2, 0.25) is 0 Å². The summed E-state index contributed by atoms with van der Waals surface area (Å²) in [5, 5.41) is 0. The van der Waals surface area contributed by atoms with E-state index in [1.807, 2.05) is 0 Å². The molecule has 1 aliphatic carbocycles. The van der Waals surface area contributed by atoms with Crippen LogP contribution in [0.15, 0.2) is 36.4 Å². The predicted molar refractivity (Wildman–Crippen MR) is 60.3 cm³/mol. The molecule has 0 bridgehead atoms. The molecule has 0 heterocycles. The molecule has 0 aliphatic heterocycles. The van der Waals surface area contributed by atoms with Gasteiger partial charge >= 0.3 is 0 Å². The maximum absolute atomic E-state index is 2.24. The zero-order valence-electron chi connectivity index (χ0n) is 8.46. The van der Waals surface area contributed by atoms with Gasteiger partial charge in [-0.25, -0.2) is 0 Å². The number of hydrogen-bond acceptors (Lipinski definition) is 0. The predicted octanol–water partition coefficient (Wildman–Crippen LogP) is 3.95. The van der Waals surface area contributed by atoms with Crippen molar-refractivity contribution in [1.29, 1.82) is 0 Å². The minimum Gasteiger partial charge on any atom is -0.0616 e. The Bertz CT molecular complexity index is 522. The molecule has 2 aromatic carbocycles. The van der Waals surface area contributed by atoms with Crippen molar-refractivity contribution in [3.05, 3.63) is 47.5 Å². The first kappa shape index (κ1) is 7.81. The van der Waals surface area contributed by atoms with Crippen molar-refractivity contribution in [3.8, 4) is 22.3 Å². The monoisotopic (exact) mass is 180 g/mol. The highest BCUT2D eigenvalue weighted by Gasteiger charge is 2.23. The third-order valence-electron chi connectivity index (χ3n) is 3.22. The Hall–Kier alpha value is -1.56. The molecule has 3 rings (SSSR count). The summed E-state index contributed by atoms with van der Waals surface area (Å²) in [5.74, 6) is 0. The molecule has 14 heavy (non-hydrogen) atoms. The number of aryl methyl sites for hydroxylation is 1. The van der Waals surface area contributed by atoms with Crippen molar-refractivity contribution in [2.75, 3.05) is 0 Å². The molecule has 1 aliphatic rings. The van der Waals surface area contributed by atoms with E-state index < -0.39 is 0 Å². The second-order valence-electron chi connectivity index (χ2n) is 3.98. The van der Waals surface area contributed by atoms with E-state index in [-0.39, 0.29) is 0 Å². The molecule has 0 heteroatoms. The Morgan fingerprint density at radius 1 is 0.714 bits per heavy atom. The maximum atomic E-state index is 2.24. The summed E-state index contributed by atoms with van der Waals surface area (Å²) < 4.78 is 0. The lowest BCUT2D eigenvalue weighted by Crippen LogP contribution is -2.01. The topological polar surface area (TPSA) is 0 Å². The molecule has 0 spiro atoms. The number of fused-ring (bicyclic) bond motifs is 4. The van der Waals surface area contributed by atoms with Crippen LogP contribution in [0.3, 0.4) is 0 Å². The molecular weight excluding hydrogens is 168 g/mol. The lowest BCUT2D eigenvalue weighted by molar-refractivity contribution is 1.32. The van der Waals surface area contributed by atoms with Crippen LogP contribution in [-0.4, -0.2) is 0 Å². The van der Waals surface area contributed by atoms with Crippen molar-refractivity contribution in [2.24, 2.45) is 0 Å². The lowest BCUT2D eigenvalue weighted by Gasteiger charge is -2.26. The van der Waals surface area contributed by atoms with E-state index >= 15 is 0 Å². The van der Waals surface area contributed by atoms with E-state index in [0.717, 1.165) is 0 Å². The van der Waals surface area contributed by atoms with Gasteiger partial charge in [0, 0.05) is 0 Å². The molecule has 0 aromatic heterocycles. The first-order chi connectivity index (χ1) is 6.79. The van der Waals surface area contributed by atoms with Gasteiger partial charge in [0.2, 0.25) is 0 Å². The van der Waals surface area contributed by atoms with E-state index in [1.54, 1.807) is 0 Å². The van der Waals surface area contributed by atoms with Crippen LogP contribution in [0.4, 0.5) is 0 Å². The Labute approximate surface area is 84.2 Å². The maximum Gasteiger partial charge on any atom is -0.00670 e. The van der Waals surface area contributed by atoms with E-state index in [2.05, 4.69) is 50.2 Å². The first-order valence-electron chi connectivity index (χ1n) is 4.99. The van der Waals surface area contributed by atoms with Gasteiger partial charge in [0.25, 0.3) is 0 Å². The molecule has 0 amide bonds. The van der Waals surface area contributed by atoms with Gasteiger partial charge in [-0.3, -0.25) is 0 Å². The molecule has 0 N–H and O–H groups in total. The Morgan fingerprint density at radius 3 is 2.21 bits per heavy atom. The smallest absolute Gasteiger partial charge is 0.00670 e. The van der Waals surface area contributed by atoms with Gasteiger partial charge in [-0.1, -0.05) is 36.4 Å². The molecule has 0 unspecified atom stereocenters. The van der Waals surface area contributed by atoms with E-state index in [1.165, 1.54) is 33.4 Å². The molecule has 0 atom stereocenters. The fraction of sp³-hybridized carbons (Fsp3) is 0.143. The van der Waals surface area contributed by atoms with Gasteiger partial charge in [-0.05, 0) is 47.2 Å². The van der Waals surface area contributed by atoms with Gasteiger partial charge in [0.05, 0.1) is 0 Å². The van der Waals surface area contributed by atoms with Crippen LogP contribution in [-0.2, 0) is 0 Å². The average Bonchev–Trinajstić information content (AvgIpc) is 2.18. The van der Waals surface area contributed by atoms with Crippen LogP contribution < -0.4 is 0 Å². The lowest BCUT2D eigenvalue weighted by atomic mass is 9.77. The van der Waals surface area contributed by atoms with Crippen molar-refractivity contribution in [2.45, 2.75) is 13.8 Å². The average molecular weight is 180 g/mol. The van der Waals surface area contributed by atoms with Gasteiger partial charge in [0.1, 0.15) is 0 Å². The molecule has 0 saturated carbocycles. The summed E-state index contributed by atoms with van der Waals surface area (Å²) in [6, 6.07) is 13.1. The van der Waals surface area contributed by atoms with Crippen LogP contribution in [0.5, 0.6) is 0 Å². The fourth-order valence-corrected chi connectivity index (χ4v) is 2.26. The molecule has 0 nitrogen and oxygen atoms in total. The molecule has 68 valence electrons. The summed E-state index contributed by atoms with van der Waals surface area (Å²) in [6.07, 6.45) is 0. The Kier molecular flexibility index (Phi) is 1.38. The summed E-state index contributed by atoms with van der Waals surface area (Å²) in [7, 11) is 0. The highest BCUT2D eigenvalue weighted by molar-refractivity contribution is 6.03. The van der Waals surface area contributed by atoms with Crippen molar-refractivity contribution in [1.82, 2.24) is 0 Å². The third kappa shape index (κ3) is 0.784. The first-order valence-corrected chi connectivity index (χ1v) is 4.99. The van der Waals surface area contributed by atoms with Crippen molar-refractivity contribution >= 4 is 0 Å². The second-order valence-corrected chi connectivity index (χ2v) is 3.98. The zero-order valence-corrected chi connectivity index (χ0v) is 8.46. The fourth-order valence-electron chi connectivity index (χ4n) is 2.26. The summed E-state index contributed by atoms with van der Waals surface area (Å²) >= 11 is 0. The summed E-state index contributed by atoms with van der Waals surface area (Å²) in [4.78, 5) is 0. The summed E-state index contributed by atoms with van der Waals surface area (Å²) in [6.45, 7) is 4.39. The van der Waals surface area contributed by atoms with Gasteiger partial charge in [-0.2, -0.15) is 0 Å².